The molecule has 2 atom stereocenters. The average Bonchev–Trinajstić information content (AvgIpc) is 2.77. The molecule has 0 unspecified atom stereocenters. The summed E-state index contributed by atoms with van der Waals surface area (Å²) in [4.78, 5) is 16.7. The summed E-state index contributed by atoms with van der Waals surface area (Å²) >= 11 is 0. The molecule has 2 heterocycles. The van der Waals surface area contributed by atoms with Crippen molar-refractivity contribution < 1.29 is 18.7 Å². The van der Waals surface area contributed by atoms with Crippen LogP contribution in [-0.2, 0) is 4.79 Å². The van der Waals surface area contributed by atoms with Crippen LogP contribution in [0, 0.1) is 0 Å². The maximum absolute atomic E-state index is 13.0. The third-order valence-electron chi connectivity index (χ3n) is 3.15. The van der Waals surface area contributed by atoms with Crippen molar-refractivity contribution in [3.05, 3.63) is 30.1 Å². The van der Waals surface area contributed by atoms with Crippen molar-refractivity contribution >= 4 is 44.2 Å². The number of nitrogens with zero attached hydrogens (tertiary/aromatic N) is 2. The number of carbonyl (C=O) groups is 1. The number of pyridine rings is 1. The molecule has 0 aliphatic carbocycles. The predicted molar refractivity (Wildman–Crippen MR) is 88.2 cm³/mol. The number of alkyl halides is 2. The van der Waals surface area contributed by atoms with Crippen molar-refractivity contribution in [3.8, 4) is 0 Å². The third kappa shape index (κ3) is 5.51. The number of carbonyl (C=O) groups excluding carboxylic acids is 1. The molecule has 10 heteroatoms. The molecule has 1 aromatic rings. The highest BCUT2D eigenvalue weighted by molar-refractivity contribution is 7.59. The third-order valence-corrected chi connectivity index (χ3v) is 3.15. The fourth-order valence-corrected chi connectivity index (χ4v) is 2.04. The number of hydrogen-bond acceptors (Lipinski definition) is 4. The van der Waals surface area contributed by atoms with E-state index in [-0.39, 0.29) is 51.3 Å². The Balaban J connectivity index is 0. The van der Waals surface area contributed by atoms with Gasteiger partial charge < -0.3 is 15.7 Å². The second-order valence-electron chi connectivity index (χ2n) is 4.62. The first kappa shape index (κ1) is 23.6. The first-order valence-electron chi connectivity index (χ1n) is 5.91. The van der Waals surface area contributed by atoms with E-state index in [1.165, 1.54) is 24.5 Å². The number of likely N-dealkylation sites (tertiary alicyclic amines) is 1. The Bertz CT molecular complexity index is 471. The summed E-state index contributed by atoms with van der Waals surface area (Å²) in [6.07, 6.45) is 1.32. The van der Waals surface area contributed by atoms with Gasteiger partial charge in [0, 0.05) is 25.4 Å². The minimum atomic E-state index is -2.86. The fraction of sp³-hybridized carbons (Fsp3) is 0.500. The summed E-state index contributed by atoms with van der Waals surface area (Å²) in [5.74, 6) is -3.53. The first-order valence-corrected chi connectivity index (χ1v) is 5.91. The molecule has 0 aromatic carbocycles. The zero-order valence-corrected chi connectivity index (χ0v) is 14.1. The first-order chi connectivity index (χ1) is 8.91. The molecule has 1 fully saturated rings. The molecule has 1 aromatic heterocycles. The van der Waals surface area contributed by atoms with E-state index in [9.17, 15) is 18.7 Å². The predicted octanol–water partition coefficient (Wildman–Crippen LogP) is 1.27. The van der Waals surface area contributed by atoms with Crippen LogP contribution < -0.4 is 5.73 Å². The lowest BCUT2D eigenvalue weighted by Gasteiger charge is -2.24. The standard InChI is InChI=1S/C12H15F2N3O2.2ClH.H2S/c13-12(14)3-6-17(7-12)11(19)9(15)10(18)8-1-4-16-5-2-8;;;/h1-2,4-5,9-10,18H,3,6-7,15H2;2*1H;1H2/t9-,10+;;;/m0.../s1. The van der Waals surface area contributed by atoms with Gasteiger partial charge in [0.1, 0.15) is 12.1 Å². The molecule has 2 rings (SSSR count). The van der Waals surface area contributed by atoms with Crippen LogP contribution in [-0.4, -0.2) is 46.0 Å². The number of rotatable bonds is 3. The van der Waals surface area contributed by atoms with Gasteiger partial charge in [-0.15, -0.1) is 24.8 Å². The summed E-state index contributed by atoms with van der Waals surface area (Å²) in [6.45, 7) is -0.675. The number of hydrogen-bond donors (Lipinski definition) is 2. The quantitative estimate of drug-likeness (QED) is 0.830. The number of aliphatic hydroxyl groups is 1. The molecule has 128 valence electrons. The van der Waals surface area contributed by atoms with Gasteiger partial charge >= 0.3 is 0 Å². The zero-order chi connectivity index (χ0) is 14.0. The fourth-order valence-electron chi connectivity index (χ4n) is 2.04. The van der Waals surface area contributed by atoms with E-state index in [0.29, 0.717) is 5.56 Å². The number of halogens is 4. The summed E-state index contributed by atoms with van der Waals surface area (Å²) in [5, 5.41) is 9.96. The van der Waals surface area contributed by atoms with Gasteiger partial charge in [-0.05, 0) is 17.7 Å². The SMILES string of the molecule is Cl.Cl.N[C@H](C(=O)N1CCC(F)(F)C1)[C@H](O)c1ccncc1.S. The van der Waals surface area contributed by atoms with Gasteiger partial charge in [-0.1, -0.05) is 0 Å². The van der Waals surface area contributed by atoms with E-state index < -0.39 is 30.5 Å². The van der Waals surface area contributed by atoms with Crippen molar-refractivity contribution in [2.24, 2.45) is 5.73 Å². The monoisotopic (exact) mass is 377 g/mol. The minimum absolute atomic E-state index is 0. The summed E-state index contributed by atoms with van der Waals surface area (Å²) in [5.41, 5.74) is 6.09. The molecule has 0 bridgehead atoms. The van der Waals surface area contributed by atoms with Crippen molar-refractivity contribution in [1.29, 1.82) is 0 Å². The van der Waals surface area contributed by atoms with Crippen LogP contribution in [0.15, 0.2) is 24.5 Å². The molecule has 0 spiro atoms. The number of nitrogens with two attached hydrogens (primary N) is 1. The summed E-state index contributed by atoms with van der Waals surface area (Å²) in [7, 11) is 0. The lowest BCUT2D eigenvalue weighted by Crippen LogP contribution is -2.46. The Hall–Kier alpha value is -0.670. The smallest absolute Gasteiger partial charge is 0.267 e. The highest BCUT2D eigenvalue weighted by Gasteiger charge is 2.42. The molecular formula is C12H19Cl2F2N3O2S. The Morgan fingerprint density at radius 2 is 1.91 bits per heavy atom. The van der Waals surface area contributed by atoms with E-state index in [0.717, 1.165) is 4.90 Å². The second kappa shape index (κ2) is 9.46. The lowest BCUT2D eigenvalue weighted by molar-refractivity contribution is -0.135. The molecule has 1 amide bonds. The van der Waals surface area contributed by atoms with E-state index in [2.05, 4.69) is 4.98 Å². The minimum Gasteiger partial charge on any atom is -0.386 e. The summed E-state index contributed by atoms with van der Waals surface area (Å²) < 4.78 is 26.1. The summed E-state index contributed by atoms with van der Waals surface area (Å²) in [6, 6.07) is 1.79. The van der Waals surface area contributed by atoms with Crippen LogP contribution in [0.25, 0.3) is 0 Å². The molecule has 0 radical (unpaired) electrons. The van der Waals surface area contributed by atoms with Gasteiger partial charge in [0.05, 0.1) is 6.54 Å². The Labute approximate surface area is 146 Å². The lowest BCUT2D eigenvalue weighted by atomic mass is 10.0. The molecule has 5 nitrogen and oxygen atoms in total. The van der Waals surface area contributed by atoms with Crippen LogP contribution in [0.3, 0.4) is 0 Å². The van der Waals surface area contributed by atoms with E-state index in [1.54, 1.807) is 0 Å². The Morgan fingerprint density at radius 3 is 2.36 bits per heavy atom. The zero-order valence-electron chi connectivity index (χ0n) is 11.5. The number of aliphatic hydroxyl groups excluding tert-OH is 1. The van der Waals surface area contributed by atoms with E-state index >= 15 is 0 Å². The van der Waals surface area contributed by atoms with Crippen molar-refractivity contribution in [3.63, 3.8) is 0 Å². The highest BCUT2D eigenvalue weighted by atomic mass is 35.5. The normalized spacial score (nSPS) is 18.3. The van der Waals surface area contributed by atoms with Crippen LogP contribution in [0.1, 0.15) is 18.1 Å². The highest BCUT2D eigenvalue weighted by Crippen LogP contribution is 2.28. The second-order valence-corrected chi connectivity index (χ2v) is 4.62. The number of amides is 1. The van der Waals surface area contributed by atoms with Crippen molar-refractivity contribution in [2.75, 3.05) is 13.1 Å². The molecule has 1 saturated heterocycles. The van der Waals surface area contributed by atoms with E-state index in [4.69, 9.17) is 5.73 Å². The molecule has 3 N–H and O–H groups in total. The maximum atomic E-state index is 13.0. The van der Waals surface area contributed by atoms with E-state index in [1.807, 2.05) is 0 Å². The molecular weight excluding hydrogens is 359 g/mol. The van der Waals surface area contributed by atoms with Gasteiger partial charge in [-0.2, -0.15) is 13.5 Å². The van der Waals surface area contributed by atoms with Crippen LogP contribution in [0.4, 0.5) is 8.78 Å². The van der Waals surface area contributed by atoms with Gasteiger partial charge in [0.25, 0.3) is 5.92 Å². The van der Waals surface area contributed by atoms with Gasteiger partial charge in [-0.25, -0.2) is 8.78 Å². The van der Waals surface area contributed by atoms with Gasteiger partial charge in [0.15, 0.2) is 0 Å². The largest absolute Gasteiger partial charge is 0.386 e. The molecule has 22 heavy (non-hydrogen) atoms. The van der Waals surface area contributed by atoms with Gasteiger partial charge in [0.2, 0.25) is 5.91 Å². The Morgan fingerprint density at radius 1 is 1.36 bits per heavy atom. The topological polar surface area (TPSA) is 79.5 Å². The Kier molecular flexibility index (Phi) is 10.2. The molecule has 1 aliphatic heterocycles. The van der Waals surface area contributed by atoms with Crippen molar-refractivity contribution in [2.45, 2.75) is 24.5 Å². The van der Waals surface area contributed by atoms with Crippen LogP contribution in [0.5, 0.6) is 0 Å². The van der Waals surface area contributed by atoms with Crippen LogP contribution in [0.2, 0.25) is 0 Å². The average molecular weight is 378 g/mol. The van der Waals surface area contributed by atoms with Crippen molar-refractivity contribution in [1.82, 2.24) is 9.88 Å². The van der Waals surface area contributed by atoms with Gasteiger partial charge in [-0.3, -0.25) is 9.78 Å². The van der Waals surface area contributed by atoms with Crippen LogP contribution >= 0.6 is 38.3 Å². The molecule has 1 aliphatic rings. The number of aromatic nitrogens is 1. The molecule has 0 saturated carbocycles. The maximum Gasteiger partial charge on any atom is 0.267 e.